The van der Waals surface area contributed by atoms with Gasteiger partial charge in [-0.2, -0.15) is 0 Å². The molecular formula is C29H48O2. The Morgan fingerprint density at radius 2 is 1.84 bits per heavy atom. The first-order valence-electron chi connectivity index (χ1n) is 13.5. The highest BCUT2D eigenvalue weighted by Gasteiger charge is 2.59. The minimum atomic E-state index is -0.115. The van der Waals surface area contributed by atoms with Crippen LogP contribution in [0.15, 0.2) is 11.6 Å². The normalized spacial score (nSPS) is 42.9. The standard InChI is InChI=1S/C29H48O2/c1-19(2)8-7-9-20(3)25-12-13-26-24-11-10-22-18-23(31-21(4)30)14-16-28(22,5)27(24)15-17-29(25,26)6/h10,19-20,23-27H,7-9,11-18H2,1-6H3/t20-,23+,24?,25-,26+,27?,28+,29-/m1/s1. The van der Waals surface area contributed by atoms with Crippen molar-refractivity contribution < 1.29 is 9.53 Å². The number of rotatable bonds is 6. The first-order chi connectivity index (χ1) is 14.6. The van der Waals surface area contributed by atoms with Crippen molar-refractivity contribution in [2.75, 3.05) is 0 Å². The Hall–Kier alpha value is -0.790. The summed E-state index contributed by atoms with van der Waals surface area (Å²) in [6.07, 6.45) is 17.2. The van der Waals surface area contributed by atoms with E-state index in [2.05, 4.69) is 40.7 Å². The number of allylic oxidation sites excluding steroid dienone is 1. The molecule has 176 valence electrons. The average molecular weight is 429 g/mol. The second-order valence-corrected chi connectivity index (χ2v) is 12.8. The van der Waals surface area contributed by atoms with Crippen molar-refractivity contribution in [3.8, 4) is 0 Å². The average Bonchev–Trinajstić information content (AvgIpc) is 3.05. The van der Waals surface area contributed by atoms with E-state index in [1.54, 1.807) is 12.5 Å². The van der Waals surface area contributed by atoms with E-state index in [9.17, 15) is 4.79 Å². The van der Waals surface area contributed by atoms with E-state index in [-0.39, 0.29) is 12.1 Å². The maximum absolute atomic E-state index is 11.5. The Bertz CT molecular complexity index is 693. The zero-order valence-corrected chi connectivity index (χ0v) is 21.2. The third-order valence-electron chi connectivity index (χ3n) is 10.6. The van der Waals surface area contributed by atoms with E-state index in [1.165, 1.54) is 57.8 Å². The maximum Gasteiger partial charge on any atom is 0.302 e. The van der Waals surface area contributed by atoms with Gasteiger partial charge in [-0.05, 0) is 91.3 Å². The summed E-state index contributed by atoms with van der Waals surface area (Å²) in [6, 6.07) is 0. The number of ether oxygens (including phenoxy) is 1. The highest BCUT2D eigenvalue weighted by atomic mass is 16.5. The summed E-state index contributed by atoms with van der Waals surface area (Å²) in [7, 11) is 0. The summed E-state index contributed by atoms with van der Waals surface area (Å²) < 4.78 is 5.61. The van der Waals surface area contributed by atoms with Crippen molar-refractivity contribution in [2.24, 2.45) is 46.3 Å². The quantitative estimate of drug-likeness (QED) is 0.317. The highest BCUT2D eigenvalue weighted by Crippen LogP contribution is 2.67. The van der Waals surface area contributed by atoms with Crippen molar-refractivity contribution in [1.82, 2.24) is 0 Å². The smallest absolute Gasteiger partial charge is 0.302 e. The zero-order valence-electron chi connectivity index (χ0n) is 21.2. The molecule has 0 heterocycles. The van der Waals surface area contributed by atoms with Crippen LogP contribution in [0.3, 0.4) is 0 Å². The SMILES string of the molecule is CC(=O)O[C@H]1CC[C@@]2(C)C(=CCC3C2CC[C@]2(C)[C@@H]([C@H](C)CCCC(C)C)CC[C@@H]32)C1. The predicted molar refractivity (Wildman–Crippen MR) is 129 cm³/mol. The van der Waals surface area contributed by atoms with E-state index < -0.39 is 0 Å². The number of fused-ring (bicyclic) bond motifs is 5. The Morgan fingerprint density at radius 1 is 1.06 bits per heavy atom. The van der Waals surface area contributed by atoms with Gasteiger partial charge in [-0.1, -0.05) is 65.5 Å². The van der Waals surface area contributed by atoms with Gasteiger partial charge in [0.2, 0.25) is 0 Å². The number of hydrogen-bond donors (Lipinski definition) is 0. The number of hydrogen-bond acceptors (Lipinski definition) is 2. The van der Waals surface area contributed by atoms with Gasteiger partial charge in [-0.25, -0.2) is 0 Å². The van der Waals surface area contributed by atoms with Crippen molar-refractivity contribution in [2.45, 2.75) is 118 Å². The molecule has 31 heavy (non-hydrogen) atoms. The van der Waals surface area contributed by atoms with Crippen LogP contribution in [0.4, 0.5) is 0 Å². The van der Waals surface area contributed by atoms with Crippen LogP contribution < -0.4 is 0 Å². The monoisotopic (exact) mass is 428 g/mol. The molecule has 0 aromatic heterocycles. The molecule has 2 nitrogen and oxygen atoms in total. The van der Waals surface area contributed by atoms with Gasteiger partial charge in [0.1, 0.15) is 6.10 Å². The van der Waals surface area contributed by atoms with Crippen LogP contribution in [0.1, 0.15) is 112 Å². The number of carbonyl (C=O) groups excluding carboxylic acids is 1. The summed E-state index contributed by atoms with van der Waals surface area (Å²) in [5.74, 6) is 5.19. The highest BCUT2D eigenvalue weighted by molar-refractivity contribution is 5.66. The Balaban J connectivity index is 1.47. The van der Waals surface area contributed by atoms with E-state index >= 15 is 0 Å². The molecule has 0 radical (unpaired) electrons. The fraction of sp³-hybridized carbons (Fsp3) is 0.897. The Morgan fingerprint density at radius 3 is 2.55 bits per heavy atom. The molecule has 2 unspecified atom stereocenters. The van der Waals surface area contributed by atoms with Crippen molar-refractivity contribution in [3.05, 3.63) is 11.6 Å². The van der Waals surface area contributed by atoms with Gasteiger partial charge in [0, 0.05) is 13.3 Å². The topological polar surface area (TPSA) is 26.3 Å². The molecule has 0 aromatic rings. The molecule has 0 aliphatic heterocycles. The van der Waals surface area contributed by atoms with Crippen LogP contribution in [0.2, 0.25) is 0 Å². The third-order valence-corrected chi connectivity index (χ3v) is 10.6. The summed E-state index contributed by atoms with van der Waals surface area (Å²) in [6.45, 7) is 14.1. The molecule has 4 rings (SSSR count). The van der Waals surface area contributed by atoms with Crippen LogP contribution >= 0.6 is 0 Å². The Kier molecular flexibility index (Phi) is 6.68. The van der Waals surface area contributed by atoms with Crippen LogP contribution in [0, 0.1) is 46.3 Å². The van der Waals surface area contributed by atoms with Crippen LogP contribution in [-0.2, 0) is 9.53 Å². The van der Waals surface area contributed by atoms with Crippen LogP contribution in [0.25, 0.3) is 0 Å². The van der Waals surface area contributed by atoms with Gasteiger partial charge in [0.15, 0.2) is 0 Å². The fourth-order valence-corrected chi connectivity index (χ4v) is 8.99. The van der Waals surface area contributed by atoms with Gasteiger partial charge in [-0.3, -0.25) is 4.79 Å². The van der Waals surface area contributed by atoms with Gasteiger partial charge >= 0.3 is 5.97 Å². The molecular weight excluding hydrogens is 380 g/mol. The number of esters is 1. The van der Waals surface area contributed by atoms with E-state index in [1.807, 2.05) is 0 Å². The molecule has 8 atom stereocenters. The molecule has 3 saturated carbocycles. The first-order valence-corrected chi connectivity index (χ1v) is 13.5. The maximum atomic E-state index is 11.5. The summed E-state index contributed by atoms with van der Waals surface area (Å²) in [5.41, 5.74) is 2.53. The lowest BCUT2D eigenvalue weighted by Gasteiger charge is -2.58. The molecule has 0 spiro atoms. The molecule has 4 aliphatic carbocycles. The van der Waals surface area contributed by atoms with Crippen LogP contribution in [-0.4, -0.2) is 12.1 Å². The van der Waals surface area contributed by atoms with Crippen molar-refractivity contribution in [3.63, 3.8) is 0 Å². The van der Waals surface area contributed by atoms with Gasteiger partial charge < -0.3 is 4.74 Å². The third kappa shape index (κ3) is 4.26. The first kappa shape index (κ1) is 23.4. The fourth-order valence-electron chi connectivity index (χ4n) is 8.99. The molecule has 2 heteroatoms. The predicted octanol–water partition coefficient (Wildman–Crippen LogP) is 7.96. The number of carbonyl (C=O) groups is 1. The lowest BCUT2D eigenvalue weighted by molar-refractivity contribution is -0.148. The second-order valence-electron chi connectivity index (χ2n) is 12.8. The van der Waals surface area contributed by atoms with Crippen molar-refractivity contribution in [1.29, 1.82) is 0 Å². The van der Waals surface area contributed by atoms with E-state index in [0.29, 0.717) is 10.8 Å². The molecule has 3 fully saturated rings. The van der Waals surface area contributed by atoms with Gasteiger partial charge in [0.25, 0.3) is 0 Å². The zero-order chi connectivity index (χ0) is 22.4. The second kappa shape index (κ2) is 8.86. The minimum absolute atomic E-state index is 0.115. The summed E-state index contributed by atoms with van der Waals surface area (Å²) in [4.78, 5) is 11.5. The Labute approximate surface area is 192 Å². The van der Waals surface area contributed by atoms with E-state index in [0.717, 1.165) is 48.3 Å². The lowest BCUT2D eigenvalue weighted by Crippen LogP contribution is -2.51. The molecule has 0 amide bonds. The largest absolute Gasteiger partial charge is 0.462 e. The van der Waals surface area contributed by atoms with Crippen LogP contribution in [0.5, 0.6) is 0 Å². The summed E-state index contributed by atoms with van der Waals surface area (Å²) >= 11 is 0. The molecule has 0 aromatic carbocycles. The minimum Gasteiger partial charge on any atom is -0.462 e. The molecule has 0 N–H and O–H groups in total. The lowest BCUT2D eigenvalue weighted by atomic mass is 9.47. The van der Waals surface area contributed by atoms with Crippen molar-refractivity contribution >= 4 is 5.97 Å². The van der Waals surface area contributed by atoms with Gasteiger partial charge in [-0.15, -0.1) is 0 Å². The molecule has 0 saturated heterocycles. The van der Waals surface area contributed by atoms with E-state index in [4.69, 9.17) is 4.74 Å². The molecule has 4 aliphatic rings. The molecule has 0 bridgehead atoms. The summed E-state index contributed by atoms with van der Waals surface area (Å²) in [5, 5.41) is 0. The van der Waals surface area contributed by atoms with Gasteiger partial charge in [0.05, 0.1) is 0 Å².